The molecule has 0 saturated carbocycles. The predicted octanol–water partition coefficient (Wildman–Crippen LogP) is 3.85. The van der Waals surface area contributed by atoms with E-state index >= 15 is 0 Å². The molecule has 0 saturated heterocycles. The van der Waals surface area contributed by atoms with E-state index in [-0.39, 0.29) is 28.1 Å². The van der Waals surface area contributed by atoms with Gasteiger partial charge in [0.05, 0.1) is 10.5 Å². The van der Waals surface area contributed by atoms with Crippen molar-refractivity contribution in [1.29, 1.82) is 0 Å². The maximum Gasteiger partial charge on any atom is 0.340 e. The minimum atomic E-state index is -1.21. The summed E-state index contributed by atoms with van der Waals surface area (Å²) in [4.78, 5) is 51.2. The van der Waals surface area contributed by atoms with Gasteiger partial charge in [0.2, 0.25) is 6.10 Å². The normalized spacial score (nSPS) is 11.3. The van der Waals surface area contributed by atoms with Crippen molar-refractivity contribution in [2.24, 2.45) is 0 Å². The molecular formula is C25H23N3O6. The van der Waals surface area contributed by atoms with Crippen LogP contribution in [-0.2, 0) is 9.53 Å². The van der Waals surface area contributed by atoms with E-state index in [1.54, 1.807) is 56.6 Å². The summed E-state index contributed by atoms with van der Waals surface area (Å²) in [6.45, 7) is 0. The number of esters is 1. The average molecular weight is 461 g/mol. The van der Waals surface area contributed by atoms with Crippen LogP contribution in [0.4, 0.5) is 11.4 Å². The van der Waals surface area contributed by atoms with Gasteiger partial charge in [0.15, 0.2) is 5.78 Å². The lowest BCUT2D eigenvalue weighted by Crippen LogP contribution is -2.31. The molecule has 3 aromatic rings. The van der Waals surface area contributed by atoms with Crippen LogP contribution in [0.3, 0.4) is 0 Å². The van der Waals surface area contributed by atoms with Crippen molar-refractivity contribution in [3.63, 3.8) is 0 Å². The Morgan fingerprint density at radius 3 is 2.15 bits per heavy atom. The first-order valence-electron chi connectivity index (χ1n) is 10.3. The highest BCUT2D eigenvalue weighted by Gasteiger charge is 2.29. The van der Waals surface area contributed by atoms with E-state index in [9.17, 15) is 24.5 Å². The summed E-state index contributed by atoms with van der Waals surface area (Å²) in [5, 5.41) is 14.1. The molecule has 3 aromatic carbocycles. The number of rotatable bonds is 8. The van der Waals surface area contributed by atoms with Gasteiger partial charge in [0.25, 0.3) is 11.6 Å². The van der Waals surface area contributed by atoms with Gasteiger partial charge in [-0.3, -0.25) is 19.7 Å². The molecule has 1 atom stereocenters. The van der Waals surface area contributed by atoms with Gasteiger partial charge in [0.1, 0.15) is 5.69 Å². The maximum absolute atomic E-state index is 13.2. The van der Waals surface area contributed by atoms with E-state index < -0.39 is 28.7 Å². The number of ether oxygens (including phenoxy) is 1. The lowest BCUT2D eigenvalue weighted by atomic mass is 9.97. The van der Waals surface area contributed by atoms with Crippen molar-refractivity contribution in [3.05, 3.63) is 105 Å². The van der Waals surface area contributed by atoms with Gasteiger partial charge in [-0.2, -0.15) is 0 Å². The number of anilines is 1. The van der Waals surface area contributed by atoms with Gasteiger partial charge in [-0.05, 0) is 18.2 Å². The van der Waals surface area contributed by atoms with Crippen LogP contribution < -0.4 is 5.32 Å². The highest BCUT2D eigenvalue weighted by atomic mass is 16.6. The Labute approximate surface area is 196 Å². The molecule has 0 fully saturated rings. The summed E-state index contributed by atoms with van der Waals surface area (Å²) in [5.74, 6) is -1.90. The Hall–Kier alpha value is -4.53. The number of likely N-dealkylation sites (N-methyl/N-ethyl adjacent to an activating group) is 1. The Morgan fingerprint density at radius 2 is 1.56 bits per heavy atom. The van der Waals surface area contributed by atoms with Crippen molar-refractivity contribution in [3.8, 4) is 0 Å². The van der Waals surface area contributed by atoms with Crippen LogP contribution in [0.1, 0.15) is 37.9 Å². The third-order valence-corrected chi connectivity index (χ3v) is 5.11. The number of nitrogens with one attached hydrogen (secondary N) is 1. The van der Waals surface area contributed by atoms with Crippen molar-refractivity contribution >= 4 is 29.0 Å². The van der Waals surface area contributed by atoms with Gasteiger partial charge in [-0.15, -0.1) is 0 Å². The summed E-state index contributed by atoms with van der Waals surface area (Å²) >= 11 is 0. The maximum atomic E-state index is 13.2. The first kappa shape index (κ1) is 24.1. The smallest absolute Gasteiger partial charge is 0.340 e. The zero-order valence-corrected chi connectivity index (χ0v) is 18.8. The summed E-state index contributed by atoms with van der Waals surface area (Å²) in [6.07, 6.45) is -1.21. The van der Waals surface area contributed by atoms with Crippen molar-refractivity contribution in [1.82, 2.24) is 4.90 Å². The van der Waals surface area contributed by atoms with Crippen molar-refractivity contribution in [2.45, 2.75) is 6.10 Å². The molecule has 34 heavy (non-hydrogen) atoms. The third kappa shape index (κ3) is 5.09. The minimum absolute atomic E-state index is 0.00289. The molecule has 9 nitrogen and oxygen atoms in total. The molecule has 1 N–H and O–H groups in total. The van der Waals surface area contributed by atoms with E-state index in [2.05, 4.69) is 5.32 Å². The number of carbonyl (C=O) groups is 3. The first-order valence-corrected chi connectivity index (χ1v) is 10.3. The zero-order chi connectivity index (χ0) is 24.8. The molecule has 0 aliphatic heterocycles. The molecule has 0 radical (unpaired) electrons. The Balaban J connectivity index is 1.98. The van der Waals surface area contributed by atoms with E-state index in [1.165, 1.54) is 36.2 Å². The summed E-state index contributed by atoms with van der Waals surface area (Å²) in [7, 11) is 4.63. The topological polar surface area (TPSA) is 119 Å². The van der Waals surface area contributed by atoms with Crippen LogP contribution >= 0.6 is 0 Å². The van der Waals surface area contributed by atoms with Gasteiger partial charge < -0.3 is 15.0 Å². The number of hydrogen-bond acceptors (Lipinski definition) is 7. The van der Waals surface area contributed by atoms with E-state index in [0.717, 1.165) is 6.07 Å². The fourth-order valence-corrected chi connectivity index (χ4v) is 3.34. The van der Waals surface area contributed by atoms with Crippen LogP contribution in [0, 0.1) is 10.1 Å². The third-order valence-electron chi connectivity index (χ3n) is 5.11. The van der Waals surface area contributed by atoms with Crippen molar-refractivity contribution < 1.29 is 24.0 Å². The number of benzene rings is 3. The minimum Gasteiger partial charge on any atom is -0.444 e. The monoisotopic (exact) mass is 461 g/mol. The number of amides is 1. The highest BCUT2D eigenvalue weighted by molar-refractivity contribution is 6.15. The molecule has 0 aliphatic rings. The number of carbonyl (C=O) groups excluding carboxylic acids is 3. The fraction of sp³-hybridized carbons (Fsp3) is 0.160. The molecule has 9 heteroatoms. The molecule has 0 unspecified atom stereocenters. The fourth-order valence-electron chi connectivity index (χ4n) is 3.34. The second-order valence-corrected chi connectivity index (χ2v) is 7.54. The standard InChI is InChI=1S/C25H23N3O6/c1-26-20-14-13-17(15-21(20)28(32)33)22(29)18-11-7-8-12-19(18)25(31)34-23(24(30)27(2)3)16-9-5-4-6-10-16/h4-15,23,26H,1-3H3/t23-/m1/s1. The highest BCUT2D eigenvalue weighted by Crippen LogP contribution is 2.28. The van der Waals surface area contributed by atoms with Gasteiger partial charge in [-0.25, -0.2) is 4.79 Å². The lowest BCUT2D eigenvalue weighted by molar-refractivity contribution is -0.384. The second-order valence-electron chi connectivity index (χ2n) is 7.54. The number of nitrogens with zero attached hydrogens (tertiary/aromatic N) is 2. The molecule has 0 spiro atoms. The van der Waals surface area contributed by atoms with E-state index in [4.69, 9.17) is 4.74 Å². The van der Waals surface area contributed by atoms with Crippen LogP contribution in [0.5, 0.6) is 0 Å². The molecular weight excluding hydrogens is 438 g/mol. The summed E-state index contributed by atoms with van der Waals surface area (Å²) < 4.78 is 5.57. The molecule has 0 aromatic heterocycles. The molecule has 0 aliphatic carbocycles. The van der Waals surface area contributed by atoms with Crippen molar-refractivity contribution in [2.75, 3.05) is 26.5 Å². The number of nitro groups is 1. The van der Waals surface area contributed by atoms with Gasteiger partial charge >= 0.3 is 5.97 Å². The molecule has 0 heterocycles. The quantitative estimate of drug-likeness (QED) is 0.234. The van der Waals surface area contributed by atoms with Crippen LogP contribution in [0.25, 0.3) is 0 Å². The van der Waals surface area contributed by atoms with Crippen LogP contribution in [0.15, 0.2) is 72.8 Å². The Morgan fingerprint density at radius 1 is 0.941 bits per heavy atom. The van der Waals surface area contributed by atoms with E-state index in [0.29, 0.717) is 5.56 Å². The second kappa shape index (κ2) is 10.4. The Bertz CT molecular complexity index is 1240. The number of nitro benzene ring substituents is 1. The zero-order valence-electron chi connectivity index (χ0n) is 18.8. The molecule has 0 bridgehead atoms. The molecule has 3 rings (SSSR count). The van der Waals surface area contributed by atoms with Crippen LogP contribution in [0.2, 0.25) is 0 Å². The first-order chi connectivity index (χ1) is 16.2. The average Bonchev–Trinajstić information content (AvgIpc) is 2.86. The molecule has 1 amide bonds. The number of hydrogen-bond donors (Lipinski definition) is 1. The lowest BCUT2D eigenvalue weighted by Gasteiger charge is -2.21. The predicted molar refractivity (Wildman–Crippen MR) is 126 cm³/mol. The van der Waals surface area contributed by atoms with Crippen LogP contribution in [-0.4, -0.2) is 48.6 Å². The summed E-state index contributed by atoms with van der Waals surface area (Å²) in [6, 6.07) is 18.5. The molecule has 174 valence electrons. The number of ketones is 1. The Kier molecular flexibility index (Phi) is 7.37. The van der Waals surface area contributed by atoms with Gasteiger partial charge in [0, 0.05) is 43.9 Å². The van der Waals surface area contributed by atoms with Gasteiger partial charge in [-0.1, -0.05) is 48.5 Å². The largest absolute Gasteiger partial charge is 0.444 e. The summed E-state index contributed by atoms with van der Waals surface area (Å²) in [5.41, 5.74) is 0.450. The SMILES string of the molecule is CNc1ccc(C(=O)c2ccccc2C(=O)O[C@@H](C(=O)N(C)C)c2ccccc2)cc1[N+](=O)[O-]. The van der Waals surface area contributed by atoms with E-state index in [1.807, 2.05) is 0 Å².